The van der Waals surface area contributed by atoms with Gasteiger partial charge in [0.25, 0.3) is 0 Å². The van der Waals surface area contributed by atoms with Crippen LogP contribution in [-0.2, 0) is 15.6 Å². The first kappa shape index (κ1) is 35.9. The van der Waals surface area contributed by atoms with Crippen molar-refractivity contribution < 1.29 is 4.79 Å². The van der Waals surface area contributed by atoms with E-state index in [1.165, 1.54) is 79.2 Å². The predicted molar refractivity (Wildman–Crippen MR) is 173 cm³/mol. The van der Waals surface area contributed by atoms with Gasteiger partial charge < -0.3 is 4.79 Å². The number of allylic oxidation sites excluding steroid dienone is 8. The number of Topliss-reactive ketones (excluding diaryl/α,β-unsaturated/α-hetero) is 1. The highest BCUT2D eigenvalue weighted by molar-refractivity contribution is 5.75. The molecule has 1 nitrogen and oxygen atoms in total. The molecule has 2 rings (SSSR count). The van der Waals surface area contributed by atoms with Crippen LogP contribution in [0.2, 0.25) is 0 Å². The average molecular weight is 521 g/mol. The maximum atomic E-state index is 9.81. The van der Waals surface area contributed by atoms with Crippen LogP contribution in [-0.4, -0.2) is 5.78 Å². The molecular formula is C37H60O. The molecule has 0 unspecified atom stereocenters. The molecule has 0 radical (unpaired) electrons. The van der Waals surface area contributed by atoms with E-state index in [-0.39, 0.29) is 16.6 Å². The summed E-state index contributed by atoms with van der Waals surface area (Å²) in [5.74, 6) is 0.255. The van der Waals surface area contributed by atoms with Gasteiger partial charge in [-0.1, -0.05) is 141 Å². The zero-order chi connectivity index (χ0) is 29.2. The van der Waals surface area contributed by atoms with Crippen molar-refractivity contribution in [2.45, 2.75) is 145 Å². The predicted octanol–water partition coefficient (Wildman–Crippen LogP) is 11.9. The fourth-order valence-corrected chi connectivity index (χ4v) is 4.62. The number of ketones is 1. The van der Waals surface area contributed by atoms with Gasteiger partial charge in [-0.15, -0.1) is 0 Å². The molecule has 1 aromatic rings. The highest BCUT2D eigenvalue weighted by atomic mass is 16.1. The Morgan fingerprint density at radius 2 is 1.45 bits per heavy atom. The standard InChI is InChI=1S/C31H46.C4H8O.C2H6/c1-8-10-11-12-13-14-15-17-25(3)18-16-19-26(9-2)27-20-21-28-29(24-27)31(6,7)23-22-30(28,4)5;1-3-4(2)5;1-2/h9,15-21,24H,8,10-14,22-23H2,1-7H3;3H2,1-2H3;1-2H3/b17-15-,19-16-,25-18+,26-9-;;. The smallest absolute Gasteiger partial charge is 0.129 e. The molecule has 38 heavy (non-hydrogen) atoms. The molecule has 0 fully saturated rings. The van der Waals surface area contributed by atoms with Crippen molar-refractivity contribution in [2.24, 2.45) is 0 Å². The fraction of sp³-hybridized carbons (Fsp3) is 0.595. The van der Waals surface area contributed by atoms with E-state index in [1.807, 2.05) is 20.8 Å². The molecule has 0 heterocycles. The van der Waals surface area contributed by atoms with Gasteiger partial charge in [-0.05, 0) is 79.5 Å². The summed E-state index contributed by atoms with van der Waals surface area (Å²) < 4.78 is 0. The highest BCUT2D eigenvalue weighted by Gasteiger charge is 2.36. The molecule has 1 aliphatic carbocycles. The molecule has 1 aliphatic rings. The molecule has 1 heteroatoms. The first-order valence-corrected chi connectivity index (χ1v) is 15.3. The van der Waals surface area contributed by atoms with Gasteiger partial charge in [-0.2, -0.15) is 0 Å². The molecule has 0 aliphatic heterocycles. The molecule has 0 saturated carbocycles. The van der Waals surface area contributed by atoms with E-state index in [4.69, 9.17) is 0 Å². The lowest BCUT2D eigenvalue weighted by Crippen LogP contribution is -2.33. The summed E-state index contributed by atoms with van der Waals surface area (Å²) in [4.78, 5) is 9.81. The van der Waals surface area contributed by atoms with Gasteiger partial charge in [-0.25, -0.2) is 0 Å². The van der Waals surface area contributed by atoms with Crippen LogP contribution in [0.1, 0.15) is 151 Å². The molecule has 0 saturated heterocycles. The minimum absolute atomic E-state index is 0.251. The Bertz CT molecular complexity index is 933. The Morgan fingerprint density at radius 1 is 0.868 bits per heavy atom. The summed E-state index contributed by atoms with van der Waals surface area (Å²) in [6.45, 7) is 23.6. The molecular weight excluding hydrogens is 460 g/mol. The quantitative estimate of drug-likeness (QED) is 0.209. The van der Waals surface area contributed by atoms with Gasteiger partial charge in [0.1, 0.15) is 5.78 Å². The van der Waals surface area contributed by atoms with Gasteiger partial charge in [-0.3, -0.25) is 0 Å². The second-order valence-electron chi connectivity index (χ2n) is 11.7. The second-order valence-corrected chi connectivity index (χ2v) is 11.7. The van der Waals surface area contributed by atoms with Crippen LogP contribution in [0.4, 0.5) is 0 Å². The van der Waals surface area contributed by atoms with Crippen LogP contribution in [0.3, 0.4) is 0 Å². The number of rotatable bonds is 11. The zero-order valence-corrected chi connectivity index (χ0v) is 27.0. The van der Waals surface area contributed by atoms with E-state index < -0.39 is 0 Å². The lowest BCUT2D eigenvalue weighted by atomic mass is 9.63. The van der Waals surface area contributed by atoms with Crippen LogP contribution in [0.5, 0.6) is 0 Å². The van der Waals surface area contributed by atoms with E-state index in [0.29, 0.717) is 6.42 Å². The highest BCUT2D eigenvalue weighted by Crippen LogP contribution is 2.46. The first-order valence-electron chi connectivity index (χ1n) is 15.3. The van der Waals surface area contributed by atoms with Crippen molar-refractivity contribution in [3.63, 3.8) is 0 Å². The number of carbonyl (C=O) groups excluding carboxylic acids is 1. The monoisotopic (exact) mass is 520 g/mol. The summed E-state index contributed by atoms with van der Waals surface area (Å²) in [5.41, 5.74) is 7.53. The van der Waals surface area contributed by atoms with Crippen LogP contribution >= 0.6 is 0 Å². The third-order valence-electron chi connectivity index (χ3n) is 7.49. The molecule has 0 amide bonds. The Hall–Kier alpha value is -2.15. The van der Waals surface area contributed by atoms with Crippen LogP contribution in [0.15, 0.2) is 60.2 Å². The van der Waals surface area contributed by atoms with Crippen LogP contribution in [0.25, 0.3) is 5.57 Å². The van der Waals surface area contributed by atoms with Crippen LogP contribution in [0, 0.1) is 0 Å². The van der Waals surface area contributed by atoms with Crippen LogP contribution < -0.4 is 0 Å². The molecule has 0 atom stereocenters. The Kier molecular flexibility index (Phi) is 17.9. The number of unbranched alkanes of at least 4 members (excludes halogenated alkanes) is 5. The van der Waals surface area contributed by atoms with Crippen molar-refractivity contribution >= 4 is 11.4 Å². The largest absolute Gasteiger partial charge is 0.300 e. The van der Waals surface area contributed by atoms with E-state index >= 15 is 0 Å². The zero-order valence-electron chi connectivity index (χ0n) is 27.0. The van der Waals surface area contributed by atoms with Crippen molar-refractivity contribution in [1.29, 1.82) is 0 Å². The van der Waals surface area contributed by atoms with Crippen molar-refractivity contribution in [1.82, 2.24) is 0 Å². The second kappa shape index (κ2) is 19.0. The van der Waals surface area contributed by atoms with Gasteiger partial charge in [0.15, 0.2) is 0 Å². The van der Waals surface area contributed by atoms with Gasteiger partial charge in [0, 0.05) is 6.42 Å². The molecule has 0 bridgehead atoms. The van der Waals surface area contributed by atoms with Gasteiger partial charge in [0.05, 0.1) is 0 Å². The minimum Gasteiger partial charge on any atom is -0.300 e. The number of hydrogen-bond donors (Lipinski definition) is 0. The Labute approximate surface area is 237 Å². The molecule has 1 aromatic carbocycles. The van der Waals surface area contributed by atoms with E-state index in [0.717, 1.165) is 0 Å². The topological polar surface area (TPSA) is 17.1 Å². The first-order chi connectivity index (χ1) is 18.0. The molecule has 0 spiro atoms. The van der Waals surface area contributed by atoms with Crippen molar-refractivity contribution in [3.05, 3.63) is 76.9 Å². The molecule has 0 aromatic heterocycles. The number of fused-ring (bicyclic) bond motifs is 1. The number of carbonyl (C=O) groups is 1. The molecule has 214 valence electrons. The third-order valence-corrected chi connectivity index (χ3v) is 7.49. The fourth-order valence-electron chi connectivity index (χ4n) is 4.62. The van der Waals surface area contributed by atoms with Gasteiger partial charge in [0.2, 0.25) is 0 Å². The van der Waals surface area contributed by atoms with E-state index in [2.05, 4.69) is 103 Å². The van der Waals surface area contributed by atoms with E-state index in [9.17, 15) is 4.79 Å². The molecule has 0 N–H and O–H groups in total. The lowest BCUT2D eigenvalue weighted by Gasteiger charge is -2.42. The summed E-state index contributed by atoms with van der Waals surface area (Å²) in [6.07, 6.45) is 24.6. The van der Waals surface area contributed by atoms with Crippen molar-refractivity contribution in [2.75, 3.05) is 0 Å². The van der Waals surface area contributed by atoms with Gasteiger partial charge >= 0.3 is 0 Å². The SMILES string of the molecule is C/C=C(/C=C\C=C(C)\C=C/CCCCCCC)c1ccc2c(c1)C(C)(C)CCC2(C)C.CC.CCC(C)=O. The average Bonchev–Trinajstić information content (AvgIpc) is 2.90. The normalized spacial score (nSPS) is 16.4. The maximum Gasteiger partial charge on any atom is 0.129 e. The lowest BCUT2D eigenvalue weighted by molar-refractivity contribution is -0.116. The Morgan fingerprint density at radius 3 is 2.00 bits per heavy atom. The van der Waals surface area contributed by atoms with E-state index in [1.54, 1.807) is 6.92 Å². The summed E-state index contributed by atoms with van der Waals surface area (Å²) in [7, 11) is 0. The number of benzene rings is 1. The third kappa shape index (κ3) is 13.1. The Balaban J connectivity index is 0.00000175. The summed E-state index contributed by atoms with van der Waals surface area (Å²) in [6, 6.07) is 7.15. The number of hydrogen-bond acceptors (Lipinski definition) is 1. The maximum absolute atomic E-state index is 9.81. The summed E-state index contributed by atoms with van der Waals surface area (Å²) in [5, 5.41) is 0. The van der Waals surface area contributed by atoms with Crippen molar-refractivity contribution in [3.8, 4) is 0 Å². The summed E-state index contributed by atoms with van der Waals surface area (Å²) >= 11 is 0. The minimum atomic E-state index is 0.251.